The molecule has 3 rings (SSSR count). The van der Waals surface area contributed by atoms with Crippen LogP contribution in [-0.4, -0.2) is 28.6 Å². The molecule has 3 aromatic rings. The van der Waals surface area contributed by atoms with Gasteiger partial charge in [-0.25, -0.2) is 9.97 Å². The Kier molecular flexibility index (Phi) is 4.55. The Morgan fingerprint density at radius 1 is 1.08 bits per heavy atom. The van der Waals surface area contributed by atoms with Gasteiger partial charge in [-0.05, 0) is 63.4 Å². The number of nitrogens with zero attached hydrogens (tertiary/aromatic N) is 4. The van der Waals surface area contributed by atoms with Crippen LogP contribution in [-0.2, 0) is 6.42 Å². The minimum absolute atomic E-state index is 0.422. The zero-order valence-electron chi connectivity index (χ0n) is 16.4. The van der Waals surface area contributed by atoms with Crippen molar-refractivity contribution in [2.75, 3.05) is 19.0 Å². The molecule has 0 unspecified atom stereocenters. The maximum Gasteiger partial charge on any atom is 0.137 e. The van der Waals surface area contributed by atoms with Crippen LogP contribution in [0.25, 0.3) is 22.3 Å². The summed E-state index contributed by atoms with van der Waals surface area (Å²) in [4.78, 5) is 12.0. The summed E-state index contributed by atoms with van der Waals surface area (Å²) < 4.78 is 2.31. The molecule has 0 amide bonds. The van der Waals surface area contributed by atoms with Gasteiger partial charge in [0.05, 0.1) is 16.7 Å². The van der Waals surface area contributed by atoms with Crippen molar-refractivity contribution in [1.29, 1.82) is 0 Å². The second kappa shape index (κ2) is 6.51. The van der Waals surface area contributed by atoms with E-state index in [0.29, 0.717) is 6.04 Å². The molecule has 0 saturated heterocycles. The minimum Gasteiger partial charge on any atom is -0.362 e. The quantitative estimate of drug-likeness (QED) is 0.678. The number of pyridine rings is 2. The lowest BCUT2D eigenvalue weighted by atomic mass is 10.0. The highest BCUT2D eigenvalue weighted by atomic mass is 15.1. The fourth-order valence-electron chi connectivity index (χ4n) is 3.34. The Hall–Kier alpha value is -2.36. The molecule has 3 aromatic heterocycles. The topological polar surface area (TPSA) is 34.0 Å². The van der Waals surface area contributed by atoms with Crippen LogP contribution in [0.1, 0.15) is 43.6 Å². The fourth-order valence-corrected chi connectivity index (χ4v) is 3.34. The molecule has 25 heavy (non-hydrogen) atoms. The Labute approximate surface area is 150 Å². The maximum atomic E-state index is 5.06. The van der Waals surface area contributed by atoms with Gasteiger partial charge in [0, 0.05) is 37.6 Å². The highest BCUT2D eigenvalue weighted by molar-refractivity contribution is 5.86. The SMILES string of the molecule is CCc1ccc(-c2nc3c(C)cn(C(C)C)c3cc2C)c(N(C)C)n1. The molecule has 0 atom stereocenters. The second-order valence-electron chi connectivity index (χ2n) is 7.26. The van der Waals surface area contributed by atoms with Gasteiger partial charge in [-0.3, -0.25) is 0 Å². The predicted octanol–water partition coefficient (Wildman–Crippen LogP) is 4.92. The van der Waals surface area contributed by atoms with Gasteiger partial charge in [-0.1, -0.05) is 6.92 Å². The smallest absolute Gasteiger partial charge is 0.137 e. The van der Waals surface area contributed by atoms with Crippen LogP contribution in [0.2, 0.25) is 0 Å². The molecule has 0 spiro atoms. The molecule has 0 aliphatic heterocycles. The third-order valence-corrected chi connectivity index (χ3v) is 4.71. The van der Waals surface area contributed by atoms with Crippen molar-refractivity contribution in [2.24, 2.45) is 0 Å². The van der Waals surface area contributed by atoms with Crippen LogP contribution in [0.15, 0.2) is 24.4 Å². The average Bonchev–Trinajstić information content (AvgIpc) is 2.89. The monoisotopic (exact) mass is 336 g/mol. The largest absolute Gasteiger partial charge is 0.362 e. The number of aryl methyl sites for hydroxylation is 3. The number of aromatic nitrogens is 3. The van der Waals surface area contributed by atoms with Gasteiger partial charge < -0.3 is 9.47 Å². The molecule has 0 saturated carbocycles. The first kappa shape index (κ1) is 17.5. The van der Waals surface area contributed by atoms with Gasteiger partial charge in [-0.15, -0.1) is 0 Å². The van der Waals surface area contributed by atoms with Gasteiger partial charge >= 0.3 is 0 Å². The lowest BCUT2D eigenvalue weighted by molar-refractivity contribution is 0.621. The predicted molar refractivity (Wildman–Crippen MR) is 107 cm³/mol. The van der Waals surface area contributed by atoms with E-state index < -0.39 is 0 Å². The summed E-state index contributed by atoms with van der Waals surface area (Å²) in [5.74, 6) is 0.982. The molecule has 3 heterocycles. The first-order valence-electron chi connectivity index (χ1n) is 8.99. The first-order valence-corrected chi connectivity index (χ1v) is 8.99. The van der Waals surface area contributed by atoms with E-state index in [-0.39, 0.29) is 0 Å². The van der Waals surface area contributed by atoms with Crippen molar-refractivity contribution in [3.05, 3.63) is 41.2 Å². The van der Waals surface area contributed by atoms with Gasteiger partial charge in [0.2, 0.25) is 0 Å². The van der Waals surface area contributed by atoms with E-state index in [4.69, 9.17) is 9.97 Å². The van der Waals surface area contributed by atoms with E-state index in [9.17, 15) is 0 Å². The molecular formula is C21H28N4. The minimum atomic E-state index is 0.422. The molecular weight excluding hydrogens is 308 g/mol. The second-order valence-corrected chi connectivity index (χ2v) is 7.26. The molecule has 4 heteroatoms. The van der Waals surface area contributed by atoms with Crippen LogP contribution in [0, 0.1) is 13.8 Å². The molecule has 0 N–H and O–H groups in total. The van der Waals surface area contributed by atoms with E-state index in [1.54, 1.807) is 0 Å². The van der Waals surface area contributed by atoms with Crippen LogP contribution in [0.4, 0.5) is 5.82 Å². The number of fused-ring (bicyclic) bond motifs is 1. The molecule has 4 nitrogen and oxygen atoms in total. The van der Waals surface area contributed by atoms with E-state index >= 15 is 0 Å². The maximum absolute atomic E-state index is 5.06. The summed E-state index contributed by atoms with van der Waals surface area (Å²) in [5.41, 5.74) is 7.91. The highest BCUT2D eigenvalue weighted by Gasteiger charge is 2.17. The molecule has 0 aromatic carbocycles. The summed E-state index contributed by atoms with van der Waals surface area (Å²) in [5, 5.41) is 0. The van der Waals surface area contributed by atoms with Gasteiger partial charge in [0.15, 0.2) is 0 Å². The van der Waals surface area contributed by atoms with E-state index in [1.165, 1.54) is 16.6 Å². The molecule has 0 aliphatic rings. The Morgan fingerprint density at radius 2 is 1.80 bits per heavy atom. The summed E-state index contributed by atoms with van der Waals surface area (Å²) in [6.07, 6.45) is 3.14. The summed E-state index contributed by atoms with van der Waals surface area (Å²) >= 11 is 0. The van der Waals surface area contributed by atoms with Gasteiger partial charge in [0.25, 0.3) is 0 Å². The molecule has 0 bridgehead atoms. The van der Waals surface area contributed by atoms with Crippen molar-refractivity contribution < 1.29 is 0 Å². The van der Waals surface area contributed by atoms with Gasteiger partial charge in [0.1, 0.15) is 5.82 Å². The lowest BCUT2D eigenvalue weighted by Gasteiger charge is -2.18. The number of rotatable bonds is 4. The molecule has 0 aliphatic carbocycles. The Balaban J connectivity index is 2.26. The Bertz CT molecular complexity index is 919. The van der Waals surface area contributed by atoms with Crippen molar-refractivity contribution in [1.82, 2.24) is 14.5 Å². The van der Waals surface area contributed by atoms with Crippen LogP contribution in [0.3, 0.4) is 0 Å². The van der Waals surface area contributed by atoms with Crippen molar-refractivity contribution in [3.63, 3.8) is 0 Å². The first-order chi connectivity index (χ1) is 11.8. The van der Waals surface area contributed by atoms with Crippen molar-refractivity contribution >= 4 is 16.9 Å². The van der Waals surface area contributed by atoms with Crippen LogP contribution < -0.4 is 4.90 Å². The van der Waals surface area contributed by atoms with Crippen LogP contribution >= 0.6 is 0 Å². The zero-order chi connectivity index (χ0) is 18.3. The van der Waals surface area contributed by atoms with E-state index in [0.717, 1.165) is 34.7 Å². The standard InChI is InChI=1S/C21H28N4/c1-8-16-9-10-17(21(22-16)24(6)7)19-14(4)11-18-20(23-19)15(5)12-25(18)13(2)3/h9-13H,8H2,1-7H3. The third-order valence-electron chi connectivity index (χ3n) is 4.71. The van der Waals surface area contributed by atoms with Crippen molar-refractivity contribution in [3.8, 4) is 11.3 Å². The van der Waals surface area contributed by atoms with Crippen LogP contribution in [0.5, 0.6) is 0 Å². The molecule has 0 radical (unpaired) electrons. The van der Waals surface area contributed by atoms with Gasteiger partial charge in [-0.2, -0.15) is 0 Å². The Morgan fingerprint density at radius 3 is 2.40 bits per heavy atom. The number of anilines is 1. The fraction of sp³-hybridized carbons (Fsp3) is 0.429. The third kappa shape index (κ3) is 3.01. The van der Waals surface area contributed by atoms with E-state index in [2.05, 4.69) is 68.5 Å². The summed E-state index contributed by atoms with van der Waals surface area (Å²) in [7, 11) is 4.08. The lowest BCUT2D eigenvalue weighted by Crippen LogP contribution is -2.13. The highest BCUT2D eigenvalue weighted by Crippen LogP contribution is 2.33. The van der Waals surface area contributed by atoms with E-state index in [1.807, 2.05) is 14.1 Å². The molecule has 0 fully saturated rings. The normalized spacial score (nSPS) is 11.5. The zero-order valence-corrected chi connectivity index (χ0v) is 16.4. The average molecular weight is 336 g/mol. The molecule has 132 valence electrons. The number of hydrogen-bond donors (Lipinski definition) is 0. The number of hydrogen-bond acceptors (Lipinski definition) is 3. The van der Waals surface area contributed by atoms with Crippen molar-refractivity contribution in [2.45, 2.75) is 47.1 Å². The summed E-state index contributed by atoms with van der Waals surface area (Å²) in [6, 6.07) is 6.96. The summed E-state index contributed by atoms with van der Waals surface area (Å²) in [6.45, 7) is 10.8.